The molecule has 2 rings (SSSR count). The van der Waals surface area contributed by atoms with Gasteiger partial charge in [0.25, 0.3) is 0 Å². The van der Waals surface area contributed by atoms with Gasteiger partial charge in [0, 0.05) is 0 Å². The van der Waals surface area contributed by atoms with Crippen molar-refractivity contribution in [2.75, 3.05) is 0 Å². The normalized spacial score (nSPS) is 12.8. The van der Waals surface area contributed by atoms with Gasteiger partial charge in [0.15, 0.2) is 0 Å². The molecule has 1 aromatic heterocycles. The lowest BCUT2D eigenvalue weighted by Gasteiger charge is -2.11. The number of hydrogen-bond acceptors (Lipinski definition) is 2. The van der Waals surface area contributed by atoms with Gasteiger partial charge in [-0.2, -0.15) is 0 Å². The molecule has 0 fully saturated rings. The topological polar surface area (TPSA) is 20.2 Å². The molecule has 0 bridgehead atoms. The van der Waals surface area contributed by atoms with Crippen LogP contribution in [0.5, 0.6) is 0 Å². The molecule has 0 amide bonds. The molecule has 16 heavy (non-hydrogen) atoms. The fraction of sp³-hybridized carbons (Fsp3) is 0.0909. The summed E-state index contributed by atoms with van der Waals surface area (Å²) in [5.74, 6) is -1.56. The fourth-order valence-corrected chi connectivity index (χ4v) is 2.56. The molecular formula is C11H7ClF2OS. The smallest absolute Gasteiger partial charge is 0.132 e. The molecule has 1 unspecified atom stereocenters. The molecule has 0 aliphatic carbocycles. The highest BCUT2D eigenvalue weighted by Crippen LogP contribution is 2.34. The van der Waals surface area contributed by atoms with Gasteiger partial charge < -0.3 is 5.11 Å². The number of halogens is 3. The van der Waals surface area contributed by atoms with E-state index >= 15 is 0 Å². The van der Waals surface area contributed by atoms with Crippen LogP contribution in [0.4, 0.5) is 8.78 Å². The first-order valence-corrected chi connectivity index (χ1v) is 5.72. The van der Waals surface area contributed by atoms with Gasteiger partial charge in [0.05, 0.1) is 15.5 Å². The SMILES string of the molecule is OC(c1sccc1Cl)c1c(F)cccc1F. The Morgan fingerprint density at radius 1 is 1.19 bits per heavy atom. The van der Waals surface area contributed by atoms with Crippen molar-refractivity contribution in [2.45, 2.75) is 6.10 Å². The van der Waals surface area contributed by atoms with E-state index in [-0.39, 0.29) is 5.56 Å². The van der Waals surface area contributed by atoms with Crippen LogP contribution < -0.4 is 0 Å². The van der Waals surface area contributed by atoms with Crippen LogP contribution in [-0.4, -0.2) is 5.11 Å². The average Bonchev–Trinajstić information content (AvgIpc) is 2.64. The van der Waals surface area contributed by atoms with Crippen molar-refractivity contribution in [3.63, 3.8) is 0 Å². The Hall–Kier alpha value is -0.970. The maximum absolute atomic E-state index is 13.4. The Morgan fingerprint density at radius 3 is 2.31 bits per heavy atom. The van der Waals surface area contributed by atoms with Gasteiger partial charge in [0.1, 0.15) is 17.7 Å². The van der Waals surface area contributed by atoms with Gasteiger partial charge in [0.2, 0.25) is 0 Å². The highest BCUT2D eigenvalue weighted by atomic mass is 35.5. The zero-order valence-electron chi connectivity index (χ0n) is 7.95. The lowest BCUT2D eigenvalue weighted by molar-refractivity contribution is 0.213. The fourth-order valence-electron chi connectivity index (χ4n) is 1.40. The summed E-state index contributed by atoms with van der Waals surface area (Å²) in [6, 6.07) is 5.02. The first-order chi connectivity index (χ1) is 7.61. The third-order valence-corrected chi connectivity index (χ3v) is 3.58. The Labute approximate surface area is 99.9 Å². The van der Waals surface area contributed by atoms with Gasteiger partial charge in [-0.15, -0.1) is 11.3 Å². The number of aliphatic hydroxyl groups excluding tert-OH is 1. The van der Waals surface area contributed by atoms with E-state index in [1.165, 1.54) is 6.07 Å². The van der Waals surface area contributed by atoms with Crippen LogP contribution in [0.15, 0.2) is 29.6 Å². The number of hydrogen-bond donors (Lipinski definition) is 1. The second-order valence-electron chi connectivity index (χ2n) is 3.17. The van der Waals surface area contributed by atoms with Crippen molar-refractivity contribution in [1.29, 1.82) is 0 Å². The molecule has 2 aromatic rings. The quantitative estimate of drug-likeness (QED) is 0.872. The van der Waals surface area contributed by atoms with Crippen LogP contribution in [0.1, 0.15) is 16.5 Å². The van der Waals surface area contributed by atoms with Gasteiger partial charge in [-0.3, -0.25) is 0 Å². The molecule has 1 nitrogen and oxygen atoms in total. The minimum Gasteiger partial charge on any atom is -0.383 e. The highest BCUT2D eigenvalue weighted by molar-refractivity contribution is 7.10. The van der Waals surface area contributed by atoms with Crippen LogP contribution in [0.3, 0.4) is 0 Å². The van der Waals surface area contributed by atoms with Crippen molar-refractivity contribution in [3.05, 3.63) is 56.7 Å². The molecule has 0 saturated carbocycles. The number of rotatable bonds is 2. The minimum absolute atomic E-state index is 0.306. The van der Waals surface area contributed by atoms with E-state index in [0.717, 1.165) is 23.5 Å². The molecular weight excluding hydrogens is 254 g/mol. The van der Waals surface area contributed by atoms with E-state index in [1.54, 1.807) is 11.4 Å². The first-order valence-electron chi connectivity index (χ1n) is 4.46. The molecule has 84 valence electrons. The van der Waals surface area contributed by atoms with Crippen molar-refractivity contribution >= 4 is 22.9 Å². The summed E-state index contributed by atoms with van der Waals surface area (Å²) in [5.41, 5.74) is -0.369. The van der Waals surface area contributed by atoms with Crippen LogP contribution >= 0.6 is 22.9 Å². The van der Waals surface area contributed by atoms with Crippen LogP contribution in [-0.2, 0) is 0 Å². The van der Waals surface area contributed by atoms with Gasteiger partial charge in [-0.25, -0.2) is 8.78 Å². The summed E-state index contributed by atoms with van der Waals surface area (Å²) in [6.07, 6.45) is -1.37. The lowest BCUT2D eigenvalue weighted by Crippen LogP contribution is -2.04. The van der Waals surface area contributed by atoms with E-state index < -0.39 is 17.7 Å². The zero-order chi connectivity index (χ0) is 11.7. The van der Waals surface area contributed by atoms with E-state index in [1.807, 2.05) is 0 Å². The summed E-state index contributed by atoms with van der Waals surface area (Å²) in [5, 5.41) is 11.8. The second-order valence-corrected chi connectivity index (χ2v) is 4.53. The second kappa shape index (κ2) is 4.49. The third-order valence-electron chi connectivity index (χ3n) is 2.17. The first kappa shape index (κ1) is 11.5. The molecule has 5 heteroatoms. The average molecular weight is 261 g/mol. The third kappa shape index (κ3) is 1.96. The monoisotopic (exact) mass is 260 g/mol. The molecule has 1 heterocycles. The van der Waals surface area contributed by atoms with Gasteiger partial charge >= 0.3 is 0 Å². The van der Waals surface area contributed by atoms with E-state index in [2.05, 4.69) is 0 Å². The Bertz CT molecular complexity index is 492. The standard InChI is InChI=1S/C11H7ClF2OS/c12-6-4-5-16-11(6)10(15)9-7(13)2-1-3-8(9)14/h1-5,10,15H. The molecule has 0 radical (unpaired) electrons. The van der Waals surface area contributed by atoms with Crippen LogP contribution in [0.2, 0.25) is 5.02 Å². The number of aliphatic hydroxyl groups is 1. The van der Waals surface area contributed by atoms with E-state index in [0.29, 0.717) is 9.90 Å². The molecule has 0 spiro atoms. The maximum Gasteiger partial charge on any atom is 0.132 e. The Kier molecular flexibility index (Phi) is 3.23. The summed E-state index contributed by atoms with van der Waals surface area (Å²) in [6.45, 7) is 0. The Balaban J connectivity index is 2.49. The largest absolute Gasteiger partial charge is 0.383 e. The number of thiophene rings is 1. The van der Waals surface area contributed by atoms with Crippen molar-refractivity contribution < 1.29 is 13.9 Å². The highest BCUT2D eigenvalue weighted by Gasteiger charge is 2.22. The van der Waals surface area contributed by atoms with Crippen molar-refractivity contribution in [1.82, 2.24) is 0 Å². The zero-order valence-corrected chi connectivity index (χ0v) is 9.53. The lowest BCUT2D eigenvalue weighted by atomic mass is 10.1. The Morgan fingerprint density at radius 2 is 1.81 bits per heavy atom. The minimum atomic E-state index is -1.37. The number of benzene rings is 1. The summed E-state index contributed by atoms with van der Waals surface area (Å²) in [4.78, 5) is 0.339. The molecule has 1 atom stereocenters. The van der Waals surface area contributed by atoms with Gasteiger partial charge in [-0.1, -0.05) is 17.7 Å². The van der Waals surface area contributed by atoms with Crippen molar-refractivity contribution in [3.8, 4) is 0 Å². The van der Waals surface area contributed by atoms with E-state index in [4.69, 9.17) is 11.6 Å². The molecule has 0 saturated heterocycles. The maximum atomic E-state index is 13.4. The van der Waals surface area contributed by atoms with Crippen LogP contribution in [0, 0.1) is 11.6 Å². The summed E-state index contributed by atoms with van der Waals surface area (Å²) >= 11 is 6.95. The summed E-state index contributed by atoms with van der Waals surface area (Å²) < 4.78 is 26.8. The van der Waals surface area contributed by atoms with Crippen LogP contribution in [0.25, 0.3) is 0 Å². The molecule has 1 N–H and O–H groups in total. The predicted octanol–water partition coefficient (Wildman–Crippen LogP) is 3.76. The van der Waals surface area contributed by atoms with Crippen molar-refractivity contribution in [2.24, 2.45) is 0 Å². The molecule has 0 aliphatic heterocycles. The predicted molar refractivity (Wildman–Crippen MR) is 59.7 cm³/mol. The summed E-state index contributed by atoms with van der Waals surface area (Å²) in [7, 11) is 0. The molecule has 1 aromatic carbocycles. The van der Waals surface area contributed by atoms with E-state index in [9.17, 15) is 13.9 Å². The van der Waals surface area contributed by atoms with Gasteiger partial charge in [-0.05, 0) is 23.6 Å². The molecule has 0 aliphatic rings.